The molecular formula is C22H30O7S2. The van der Waals surface area contributed by atoms with Gasteiger partial charge in [-0.3, -0.25) is 4.79 Å². The largest absolute Gasteiger partial charge is 0.465 e. The minimum absolute atomic E-state index is 0.296. The molecule has 0 N–H and O–H groups in total. The number of esters is 2. The normalized spacial score (nSPS) is 10.4. The molecule has 2 heterocycles. The van der Waals surface area contributed by atoms with Crippen LogP contribution < -0.4 is 0 Å². The molecule has 172 valence electrons. The second-order valence-corrected chi connectivity index (χ2v) is 8.22. The fourth-order valence-electron chi connectivity index (χ4n) is 2.65. The first-order valence-corrected chi connectivity index (χ1v) is 11.6. The van der Waals surface area contributed by atoms with Crippen LogP contribution in [0.3, 0.4) is 0 Å². The molecule has 0 aliphatic rings. The van der Waals surface area contributed by atoms with Crippen LogP contribution in [0.2, 0.25) is 0 Å². The number of carbonyl (C=O) groups is 3. The molecule has 0 saturated heterocycles. The van der Waals surface area contributed by atoms with E-state index in [1.54, 1.807) is 6.07 Å². The zero-order chi connectivity index (χ0) is 23.4. The van der Waals surface area contributed by atoms with E-state index in [2.05, 4.69) is 4.74 Å². The average Bonchev–Trinajstić information content (AvgIpc) is 3.42. The Morgan fingerprint density at radius 1 is 0.871 bits per heavy atom. The summed E-state index contributed by atoms with van der Waals surface area (Å²) in [4.78, 5) is 36.0. The molecule has 0 saturated carbocycles. The lowest BCUT2D eigenvalue weighted by Gasteiger charge is -2.14. The highest BCUT2D eigenvalue weighted by atomic mass is 32.1. The molecule has 0 bridgehead atoms. The smallest absolute Gasteiger partial charge is 0.348 e. The third-order valence-electron chi connectivity index (χ3n) is 4.14. The number of thiophene rings is 2. The number of hydrogen-bond acceptors (Lipinski definition) is 9. The second-order valence-electron chi connectivity index (χ2n) is 6.06. The summed E-state index contributed by atoms with van der Waals surface area (Å²) in [5.41, 5.74) is 1.85. The Kier molecular flexibility index (Phi) is 12.2. The van der Waals surface area contributed by atoms with Gasteiger partial charge >= 0.3 is 11.9 Å². The van der Waals surface area contributed by atoms with Gasteiger partial charge in [-0.15, -0.1) is 22.7 Å². The van der Waals surface area contributed by atoms with Gasteiger partial charge in [0.2, 0.25) is 0 Å². The van der Waals surface area contributed by atoms with E-state index in [0.29, 0.717) is 27.8 Å². The molecule has 9 heteroatoms. The Bertz CT molecular complexity index is 848. The summed E-state index contributed by atoms with van der Waals surface area (Å²) in [7, 11) is 2.73. The molecule has 2 rings (SSSR count). The third-order valence-corrected chi connectivity index (χ3v) is 6.41. The summed E-state index contributed by atoms with van der Waals surface area (Å²) in [6, 6.07) is 3.69. The van der Waals surface area contributed by atoms with Crippen molar-refractivity contribution in [3.63, 3.8) is 0 Å². The van der Waals surface area contributed by atoms with Crippen molar-refractivity contribution in [2.24, 2.45) is 0 Å². The van der Waals surface area contributed by atoms with Gasteiger partial charge in [0.1, 0.15) is 9.75 Å². The molecule has 0 unspecified atom stereocenters. The highest BCUT2D eigenvalue weighted by molar-refractivity contribution is 7.15. The Morgan fingerprint density at radius 3 is 1.77 bits per heavy atom. The van der Waals surface area contributed by atoms with Crippen LogP contribution in [0.15, 0.2) is 12.1 Å². The van der Waals surface area contributed by atoms with E-state index < -0.39 is 6.29 Å². The maximum Gasteiger partial charge on any atom is 0.348 e. The van der Waals surface area contributed by atoms with Gasteiger partial charge in [-0.2, -0.15) is 0 Å². The SMILES string of the molecule is CCOC(OCC)c1cc(CC)c(C(=O)OC)s1.CCc1cc(C=O)sc1C(=O)OC. The monoisotopic (exact) mass is 470 g/mol. The van der Waals surface area contributed by atoms with Gasteiger partial charge in [0.25, 0.3) is 0 Å². The van der Waals surface area contributed by atoms with E-state index in [9.17, 15) is 14.4 Å². The van der Waals surface area contributed by atoms with E-state index in [-0.39, 0.29) is 11.9 Å². The number of methoxy groups -OCH3 is 2. The molecule has 0 amide bonds. The van der Waals surface area contributed by atoms with Crippen molar-refractivity contribution in [3.8, 4) is 0 Å². The second kappa shape index (κ2) is 14.1. The highest BCUT2D eigenvalue weighted by Gasteiger charge is 2.21. The molecule has 0 aliphatic heterocycles. The summed E-state index contributed by atoms with van der Waals surface area (Å²) < 4.78 is 20.4. The number of aryl methyl sites for hydroxylation is 2. The number of hydrogen-bond donors (Lipinski definition) is 0. The average molecular weight is 471 g/mol. The van der Waals surface area contributed by atoms with E-state index in [1.165, 1.54) is 36.9 Å². The first kappa shape index (κ1) is 27.0. The van der Waals surface area contributed by atoms with Gasteiger partial charge in [-0.1, -0.05) is 13.8 Å². The zero-order valence-corrected chi connectivity index (χ0v) is 20.4. The fraction of sp³-hybridized carbons (Fsp3) is 0.500. The molecule has 7 nitrogen and oxygen atoms in total. The lowest BCUT2D eigenvalue weighted by atomic mass is 10.2. The van der Waals surface area contributed by atoms with E-state index in [4.69, 9.17) is 14.2 Å². The summed E-state index contributed by atoms with van der Waals surface area (Å²) >= 11 is 2.55. The lowest BCUT2D eigenvalue weighted by molar-refractivity contribution is -0.138. The van der Waals surface area contributed by atoms with Crippen LogP contribution in [-0.2, 0) is 31.8 Å². The molecule has 0 radical (unpaired) electrons. The maximum absolute atomic E-state index is 11.7. The first-order chi connectivity index (χ1) is 14.9. The summed E-state index contributed by atoms with van der Waals surface area (Å²) in [5.74, 6) is -0.662. The number of aldehydes is 1. The van der Waals surface area contributed by atoms with Gasteiger partial charge in [-0.25, -0.2) is 9.59 Å². The fourth-order valence-corrected chi connectivity index (χ4v) is 4.80. The lowest BCUT2D eigenvalue weighted by Crippen LogP contribution is -2.07. The van der Waals surface area contributed by atoms with Crippen molar-refractivity contribution in [1.82, 2.24) is 0 Å². The van der Waals surface area contributed by atoms with Gasteiger partial charge in [-0.05, 0) is 49.9 Å². The van der Waals surface area contributed by atoms with E-state index in [0.717, 1.165) is 35.1 Å². The highest BCUT2D eigenvalue weighted by Crippen LogP contribution is 2.31. The predicted molar refractivity (Wildman–Crippen MR) is 121 cm³/mol. The van der Waals surface area contributed by atoms with Crippen molar-refractivity contribution in [2.45, 2.75) is 46.8 Å². The molecule has 0 aliphatic carbocycles. The van der Waals surface area contributed by atoms with Crippen molar-refractivity contribution in [2.75, 3.05) is 27.4 Å². The summed E-state index contributed by atoms with van der Waals surface area (Å²) in [6.07, 6.45) is 1.87. The first-order valence-electron chi connectivity index (χ1n) is 10.0. The number of carbonyl (C=O) groups excluding carboxylic acids is 3. The Labute approximate surface area is 191 Å². The molecular weight excluding hydrogens is 440 g/mol. The maximum atomic E-state index is 11.7. The quantitative estimate of drug-likeness (QED) is 0.272. The van der Waals surface area contributed by atoms with Crippen molar-refractivity contribution in [3.05, 3.63) is 42.8 Å². The van der Waals surface area contributed by atoms with Gasteiger partial charge < -0.3 is 18.9 Å². The van der Waals surface area contributed by atoms with Crippen LogP contribution in [0.25, 0.3) is 0 Å². The summed E-state index contributed by atoms with van der Waals surface area (Å²) in [5, 5.41) is 0. The van der Waals surface area contributed by atoms with Crippen LogP contribution in [0.1, 0.15) is 79.0 Å². The van der Waals surface area contributed by atoms with Crippen LogP contribution in [0.4, 0.5) is 0 Å². The number of rotatable bonds is 10. The Morgan fingerprint density at radius 2 is 1.35 bits per heavy atom. The Balaban J connectivity index is 0.000000327. The molecule has 2 aromatic heterocycles. The molecule has 2 aromatic rings. The topological polar surface area (TPSA) is 88.1 Å². The molecule has 0 fully saturated rings. The summed E-state index contributed by atoms with van der Waals surface area (Å²) in [6.45, 7) is 8.91. The standard InChI is InChI=1S/C13H20O4S.C9H10O3S/c1-5-9-8-10(13(16-6-2)17-7-3)18-11(9)12(14)15-4;1-3-6-4-7(5-10)13-8(6)9(11)12-2/h8,13H,5-7H2,1-4H3;4-5H,3H2,1-2H3. The molecule has 0 spiro atoms. The van der Waals surface area contributed by atoms with Crippen LogP contribution in [0, 0.1) is 0 Å². The minimum atomic E-state index is -0.395. The van der Waals surface area contributed by atoms with Gasteiger partial charge in [0.15, 0.2) is 12.6 Å². The van der Waals surface area contributed by atoms with Crippen LogP contribution in [0.5, 0.6) is 0 Å². The Hall–Kier alpha value is -2.07. The number of ether oxygens (including phenoxy) is 4. The predicted octanol–water partition coefficient (Wildman–Crippen LogP) is 5.08. The van der Waals surface area contributed by atoms with Crippen LogP contribution >= 0.6 is 22.7 Å². The minimum Gasteiger partial charge on any atom is -0.465 e. The van der Waals surface area contributed by atoms with Crippen molar-refractivity contribution < 1.29 is 33.3 Å². The van der Waals surface area contributed by atoms with Crippen molar-refractivity contribution >= 4 is 40.9 Å². The van der Waals surface area contributed by atoms with Gasteiger partial charge in [0.05, 0.1) is 24.0 Å². The van der Waals surface area contributed by atoms with Gasteiger partial charge in [0, 0.05) is 13.2 Å². The van der Waals surface area contributed by atoms with Crippen LogP contribution in [-0.4, -0.2) is 45.7 Å². The van der Waals surface area contributed by atoms with E-state index in [1.807, 2.05) is 33.8 Å². The molecule has 0 atom stereocenters. The third kappa shape index (κ3) is 7.53. The molecule has 0 aromatic carbocycles. The molecule has 31 heavy (non-hydrogen) atoms. The van der Waals surface area contributed by atoms with E-state index >= 15 is 0 Å². The van der Waals surface area contributed by atoms with Crippen molar-refractivity contribution in [1.29, 1.82) is 0 Å². The zero-order valence-electron chi connectivity index (χ0n) is 18.8.